The number of hydrogen-bond acceptors (Lipinski definition) is 4. The number of rotatable bonds is 4. The highest BCUT2D eigenvalue weighted by atomic mass is 79.9. The number of benzene rings is 1. The van der Waals surface area contributed by atoms with Crippen molar-refractivity contribution >= 4 is 33.0 Å². The molecule has 0 atom stereocenters. The van der Waals surface area contributed by atoms with Crippen molar-refractivity contribution in [2.45, 2.75) is 6.54 Å². The van der Waals surface area contributed by atoms with Gasteiger partial charge in [-0.15, -0.1) is 21.5 Å². The van der Waals surface area contributed by atoms with Gasteiger partial charge in [0.25, 0.3) is 0 Å². The second-order valence-electron chi connectivity index (χ2n) is 4.00. The number of anilines is 1. The smallest absolute Gasteiger partial charge is 0.123 e. The van der Waals surface area contributed by atoms with E-state index in [1.165, 1.54) is 4.88 Å². The molecule has 0 fully saturated rings. The predicted octanol–water partition coefficient (Wildman–Crippen LogP) is 3.70. The molecule has 0 unspecified atom stereocenters. The third kappa shape index (κ3) is 3.02. The average Bonchev–Trinajstić information content (AvgIpc) is 3.08. The Bertz CT molecular complexity index is 663. The highest BCUT2D eigenvalue weighted by molar-refractivity contribution is 9.10. The third-order valence-electron chi connectivity index (χ3n) is 2.65. The van der Waals surface area contributed by atoms with Gasteiger partial charge in [0.1, 0.15) is 12.7 Å². The monoisotopic (exact) mass is 334 g/mol. The van der Waals surface area contributed by atoms with Crippen LogP contribution in [0.15, 0.2) is 52.8 Å². The lowest BCUT2D eigenvalue weighted by Crippen LogP contribution is -1.98. The van der Waals surface area contributed by atoms with Crippen LogP contribution in [0.2, 0.25) is 0 Å². The molecular formula is C13H11BrN4S. The van der Waals surface area contributed by atoms with Crippen molar-refractivity contribution in [2.75, 3.05) is 5.32 Å². The molecule has 19 heavy (non-hydrogen) atoms. The van der Waals surface area contributed by atoms with Crippen LogP contribution in [0.3, 0.4) is 0 Å². The van der Waals surface area contributed by atoms with Gasteiger partial charge in [0.15, 0.2) is 0 Å². The van der Waals surface area contributed by atoms with Crippen molar-refractivity contribution in [1.82, 2.24) is 14.8 Å². The lowest BCUT2D eigenvalue weighted by Gasteiger charge is -2.07. The molecule has 0 saturated carbocycles. The molecule has 1 N–H and O–H groups in total. The molecule has 2 heterocycles. The summed E-state index contributed by atoms with van der Waals surface area (Å²) in [5.41, 5.74) is 2.12. The van der Waals surface area contributed by atoms with Crippen LogP contribution in [0.4, 0.5) is 5.69 Å². The maximum absolute atomic E-state index is 3.81. The zero-order valence-electron chi connectivity index (χ0n) is 9.95. The fraction of sp³-hybridized carbons (Fsp3) is 0.0769. The van der Waals surface area contributed by atoms with E-state index in [-0.39, 0.29) is 0 Å². The first kappa shape index (κ1) is 12.4. The van der Waals surface area contributed by atoms with Gasteiger partial charge < -0.3 is 5.32 Å². The molecule has 3 aromatic rings. The quantitative estimate of drug-likeness (QED) is 0.790. The molecule has 96 valence electrons. The molecule has 4 nitrogen and oxygen atoms in total. The Morgan fingerprint density at radius 2 is 2.05 bits per heavy atom. The van der Waals surface area contributed by atoms with Gasteiger partial charge in [-0.3, -0.25) is 4.57 Å². The summed E-state index contributed by atoms with van der Waals surface area (Å²) in [5, 5.41) is 13.1. The molecule has 6 heteroatoms. The van der Waals surface area contributed by atoms with E-state index in [1.54, 1.807) is 24.0 Å². The highest BCUT2D eigenvalue weighted by Gasteiger charge is 2.00. The summed E-state index contributed by atoms with van der Waals surface area (Å²) < 4.78 is 3.01. The first-order chi connectivity index (χ1) is 9.31. The molecule has 0 bridgehead atoms. The standard InChI is InChI=1S/C13H11BrN4S/c14-10-4-13(19-7-10)6-15-11-2-1-3-12(5-11)18-8-16-17-9-18/h1-5,7-9,15H,6H2. The molecule has 0 amide bonds. The van der Waals surface area contributed by atoms with Crippen LogP contribution in [-0.4, -0.2) is 14.8 Å². The van der Waals surface area contributed by atoms with Crippen molar-refractivity contribution in [3.63, 3.8) is 0 Å². The van der Waals surface area contributed by atoms with Crippen LogP contribution >= 0.6 is 27.3 Å². The van der Waals surface area contributed by atoms with Gasteiger partial charge in [-0.25, -0.2) is 0 Å². The zero-order valence-corrected chi connectivity index (χ0v) is 12.4. The van der Waals surface area contributed by atoms with Crippen LogP contribution < -0.4 is 5.32 Å². The lowest BCUT2D eigenvalue weighted by molar-refractivity contribution is 1.05. The normalized spacial score (nSPS) is 10.6. The molecule has 0 radical (unpaired) electrons. The average molecular weight is 335 g/mol. The first-order valence-corrected chi connectivity index (χ1v) is 7.40. The number of hydrogen-bond donors (Lipinski definition) is 1. The van der Waals surface area contributed by atoms with Crippen LogP contribution in [0.1, 0.15) is 4.88 Å². The summed E-state index contributed by atoms with van der Waals surface area (Å²) >= 11 is 5.20. The van der Waals surface area contributed by atoms with Gasteiger partial charge in [-0.05, 0) is 40.2 Å². The van der Waals surface area contributed by atoms with Gasteiger partial charge >= 0.3 is 0 Å². The van der Waals surface area contributed by atoms with Crippen LogP contribution in [-0.2, 0) is 6.54 Å². The minimum absolute atomic E-state index is 0.821. The van der Waals surface area contributed by atoms with E-state index < -0.39 is 0 Å². The Balaban J connectivity index is 1.73. The summed E-state index contributed by atoms with van der Waals surface area (Å²) in [4.78, 5) is 1.29. The summed E-state index contributed by atoms with van der Waals surface area (Å²) in [6, 6.07) is 10.3. The van der Waals surface area contributed by atoms with Crippen LogP contribution in [0.5, 0.6) is 0 Å². The summed E-state index contributed by atoms with van der Waals surface area (Å²) in [6.07, 6.45) is 3.38. The predicted molar refractivity (Wildman–Crippen MR) is 80.7 cm³/mol. The van der Waals surface area contributed by atoms with E-state index in [0.717, 1.165) is 22.4 Å². The molecule has 2 aromatic heterocycles. The first-order valence-electron chi connectivity index (χ1n) is 5.73. The molecule has 3 rings (SSSR count). The second kappa shape index (κ2) is 5.54. The van der Waals surface area contributed by atoms with Gasteiger partial charge in [-0.2, -0.15) is 0 Å². The van der Waals surface area contributed by atoms with Gasteiger partial charge in [0.2, 0.25) is 0 Å². The van der Waals surface area contributed by atoms with E-state index in [4.69, 9.17) is 0 Å². The van der Waals surface area contributed by atoms with Crippen molar-refractivity contribution in [3.05, 3.63) is 57.7 Å². The van der Waals surface area contributed by atoms with Gasteiger partial charge in [0.05, 0.1) is 5.69 Å². The fourth-order valence-electron chi connectivity index (χ4n) is 1.75. The molecule has 0 saturated heterocycles. The number of nitrogens with zero attached hydrogens (tertiary/aromatic N) is 3. The number of aromatic nitrogens is 3. The molecule has 0 aliphatic heterocycles. The maximum atomic E-state index is 3.81. The molecule has 0 spiro atoms. The van der Waals surface area contributed by atoms with Gasteiger partial charge in [-0.1, -0.05) is 6.07 Å². The third-order valence-corrected chi connectivity index (χ3v) is 4.35. The maximum Gasteiger partial charge on any atom is 0.123 e. The van der Waals surface area contributed by atoms with E-state index in [1.807, 2.05) is 16.7 Å². The van der Waals surface area contributed by atoms with E-state index >= 15 is 0 Å². The fourth-order valence-corrected chi connectivity index (χ4v) is 3.14. The van der Waals surface area contributed by atoms with Crippen molar-refractivity contribution in [3.8, 4) is 5.69 Å². The second-order valence-corrected chi connectivity index (χ2v) is 5.92. The Hall–Kier alpha value is -1.66. The molecule has 0 aliphatic rings. The summed E-state index contributed by atoms with van der Waals surface area (Å²) in [5.74, 6) is 0. The summed E-state index contributed by atoms with van der Waals surface area (Å²) in [6.45, 7) is 0.821. The van der Waals surface area contributed by atoms with Crippen LogP contribution in [0.25, 0.3) is 5.69 Å². The minimum Gasteiger partial charge on any atom is -0.380 e. The Morgan fingerprint density at radius 1 is 1.21 bits per heavy atom. The number of nitrogens with one attached hydrogen (secondary N) is 1. The van der Waals surface area contributed by atoms with Crippen molar-refractivity contribution in [2.24, 2.45) is 0 Å². The Kier molecular flexibility index (Phi) is 3.61. The number of halogens is 1. The molecular weight excluding hydrogens is 324 g/mol. The van der Waals surface area contributed by atoms with Crippen molar-refractivity contribution < 1.29 is 0 Å². The zero-order chi connectivity index (χ0) is 13.1. The van der Waals surface area contributed by atoms with Crippen molar-refractivity contribution in [1.29, 1.82) is 0 Å². The number of thiophene rings is 1. The highest BCUT2D eigenvalue weighted by Crippen LogP contribution is 2.21. The lowest BCUT2D eigenvalue weighted by atomic mass is 10.2. The van der Waals surface area contributed by atoms with Crippen LogP contribution in [0, 0.1) is 0 Å². The molecule has 0 aliphatic carbocycles. The SMILES string of the molecule is Brc1csc(CNc2cccc(-n3cnnc3)c2)c1. The Labute approximate surface area is 123 Å². The minimum atomic E-state index is 0.821. The van der Waals surface area contributed by atoms with E-state index in [0.29, 0.717) is 0 Å². The topological polar surface area (TPSA) is 42.7 Å². The Morgan fingerprint density at radius 3 is 2.79 bits per heavy atom. The summed E-state index contributed by atoms with van der Waals surface area (Å²) in [7, 11) is 0. The van der Waals surface area contributed by atoms with E-state index in [2.05, 4.69) is 55.0 Å². The van der Waals surface area contributed by atoms with E-state index in [9.17, 15) is 0 Å². The molecule has 1 aromatic carbocycles. The van der Waals surface area contributed by atoms with Gasteiger partial charge in [0, 0.05) is 27.0 Å². The largest absolute Gasteiger partial charge is 0.380 e.